The molecule has 0 saturated carbocycles. The SMILES string of the molecule is Cc1cnc(Nc2cc(C)n(C)n2)nc1-c1c[nH]c2c(N3Cc4cccc([N+](=O)[O-])c4C3=O)cccc12. The highest BCUT2D eigenvalue weighted by Gasteiger charge is 2.36. The van der Waals surface area contributed by atoms with Gasteiger partial charge < -0.3 is 15.2 Å². The Bertz CT molecular complexity index is 1720. The summed E-state index contributed by atoms with van der Waals surface area (Å²) in [5.41, 5.74) is 5.47. The number of nitro benzene ring substituents is 1. The maximum atomic E-state index is 13.3. The molecule has 0 radical (unpaired) electrons. The van der Waals surface area contributed by atoms with Crippen LogP contribution in [-0.2, 0) is 13.6 Å². The zero-order valence-corrected chi connectivity index (χ0v) is 20.3. The molecule has 3 aromatic heterocycles. The normalized spacial score (nSPS) is 12.8. The van der Waals surface area contributed by atoms with Crippen LogP contribution < -0.4 is 10.2 Å². The first-order valence-corrected chi connectivity index (χ1v) is 11.6. The molecule has 5 aromatic rings. The van der Waals surface area contributed by atoms with Crippen molar-refractivity contribution in [3.8, 4) is 11.3 Å². The summed E-state index contributed by atoms with van der Waals surface area (Å²) in [5.74, 6) is 0.681. The van der Waals surface area contributed by atoms with E-state index in [2.05, 4.69) is 20.4 Å². The number of hydrogen-bond donors (Lipinski definition) is 2. The largest absolute Gasteiger partial charge is 0.359 e. The van der Waals surface area contributed by atoms with Crippen molar-refractivity contribution >= 4 is 40.0 Å². The van der Waals surface area contributed by atoms with Crippen molar-refractivity contribution in [3.05, 3.63) is 87.4 Å². The van der Waals surface area contributed by atoms with Crippen molar-refractivity contribution in [3.63, 3.8) is 0 Å². The minimum atomic E-state index is -0.511. The van der Waals surface area contributed by atoms with Crippen molar-refractivity contribution in [2.24, 2.45) is 7.05 Å². The Balaban J connectivity index is 1.40. The maximum Gasteiger partial charge on any atom is 0.282 e. The lowest BCUT2D eigenvalue weighted by molar-refractivity contribution is -0.385. The molecule has 0 aliphatic carbocycles. The van der Waals surface area contributed by atoms with Gasteiger partial charge in [-0.1, -0.05) is 24.3 Å². The summed E-state index contributed by atoms with van der Waals surface area (Å²) in [7, 11) is 1.87. The van der Waals surface area contributed by atoms with Gasteiger partial charge >= 0.3 is 0 Å². The third-order valence-corrected chi connectivity index (χ3v) is 6.68. The Labute approximate surface area is 210 Å². The molecule has 1 aliphatic heterocycles. The number of rotatable bonds is 5. The first-order chi connectivity index (χ1) is 17.8. The second kappa shape index (κ2) is 8.26. The Morgan fingerprint density at radius 3 is 2.73 bits per heavy atom. The van der Waals surface area contributed by atoms with Gasteiger partial charge in [-0.15, -0.1) is 0 Å². The second-order valence-electron chi connectivity index (χ2n) is 9.01. The molecule has 6 rings (SSSR count). The number of fused-ring (bicyclic) bond motifs is 2. The van der Waals surface area contributed by atoms with Gasteiger partial charge in [0, 0.05) is 48.2 Å². The molecule has 2 N–H and O–H groups in total. The number of H-pyrrole nitrogens is 1. The first-order valence-electron chi connectivity index (χ1n) is 11.6. The smallest absolute Gasteiger partial charge is 0.282 e. The number of aromatic nitrogens is 5. The molecular weight excluding hydrogens is 472 g/mol. The van der Waals surface area contributed by atoms with Gasteiger partial charge in [0.05, 0.1) is 28.4 Å². The average Bonchev–Trinajstić information content (AvgIpc) is 3.55. The fraction of sp³-hybridized carbons (Fsp3) is 0.154. The molecule has 1 amide bonds. The minimum absolute atomic E-state index is 0.142. The average molecular weight is 495 g/mol. The van der Waals surface area contributed by atoms with Crippen LogP contribution in [0.25, 0.3) is 22.2 Å². The second-order valence-corrected chi connectivity index (χ2v) is 9.01. The number of amides is 1. The lowest BCUT2D eigenvalue weighted by atomic mass is 10.1. The fourth-order valence-corrected chi connectivity index (χ4v) is 4.76. The minimum Gasteiger partial charge on any atom is -0.359 e. The molecule has 1 aliphatic rings. The third-order valence-electron chi connectivity index (χ3n) is 6.68. The van der Waals surface area contributed by atoms with Gasteiger partial charge in [0.25, 0.3) is 11.6 Å². The lowest BCUT2D eigenvalue weighted by Crippen LogP contribution is -2.23. The van der Waals surface area contributed by atoms with Gasteiger partial charge in [-0.2, -0.15) is 5.10 Å². The Hall–Kier alpha value is -5.06. The summed E-state index contributed by atoms with van der Waals surface area (Å²) in [6, 6.07) is 12.3. The number of anilines is 3. The van der Waals surface area contributed by atoms with E-state index >= 15 is 0 Å². The van der Waals surface area contributed by atoms with Crippen molar-refractivity contribution in [1.82, 2.24) is 24.7 Å². The van der Waals surface area contributed by atoms with Crippen LogP contribution in [0.5, 0.6) is 0 Å². The molecule has 37 heavy (non-hydrogen) atoms. The molecule has 184 valence electrons. The molecule has 0 unspecified atom stereocenters. The van der Waals surface area contributed by atoms with E-state index in [0.717, 1.165) is 33.4 Å². The van der Waals surface area contributed by atoms with Crippen molar-refractivity contribution in [2.75, 3.05) is 10.2 Å². The molecule has 0 bridgehead atoms. The highest BCUT2D eigenvalue weighted by atomic mass is 16.6. The summed E-state index contributed by atoms with van der Waals surface area (Å²) in [4.78, 5) is 38.4. The summed E-state index contributed by atoms with van der Waals surface area (Å²) in [6.45, 7) is 4.16. The van der Waals surface area contributed by atoms with E-state index in [0.29, 0.717) is 23.0 Å². The Morgan fingerprint density at radius 1 is 1.16 bits per heavy atom. The van der Waals surface area contributed by atoms with Crippen molar-refractivity contribution < 1.29 is 9.72 Å². The van der Waals surface area contributed by atoms with Crippen LogP contribution in [0.2, 0.25) is 0 Å². The number of hydrogen-bond acceptors (Lipinski definition) is 7. The van der Waals surface area contributed by atoms with E-state index in [1.54, 1.807) is 27.9 Å². The van der Waals surface area contributed by atoms with E-state index < -0.39 is 4.92 Å². The van der Waals surface area contributed by atoms with Crippen molar-refractivity contribution in [1.29, 1.82) is 0 Å². The lowest BCUT2D eigenvalue weighted by Gasteiger charge is -2.17. The van der Waals surface area contributed by atoms with E-state index in [9.17, 15) is 14.9 Å². The summed E-state index contributed by atoms with van der Waals surface area (Å²) in [6.07, 6.45) is 3.61. The molecule has 0 atom stereocenters. The number of nitro groups is 1. The van der Waals surface area contributed by atoms with Crippen molar-refractivity contribution in [2.45, 2.75) is 20.4 Å². The highest BCUT2D eigenvalue weighted by molar-refractivity contribution is 6.16. The van der Waals surface area contributed by atoms with E-state index in [-0.39, 0.29) is 23.7 Å². The quantitative estimate of drug-likeness (QED) is 0.265. The molecule has 0 saturated heterocycles. The zero-order valence-electron chi connectivity index (χ0n) is 20.3. The highest BCUT2D eigenvalue weighted by Crippen LogP contribution is 2.39. The third kappa shape index (κ3) is 3.59. The molecule has 11 heteroatoms. The van der Waals surface area contributed by atoms with Gasteiger partial charge in [-0.25, -0.2) is 9.97 Å². The molecular formula is C26H22N8O3. The number of aromatic amines is 1. The van der Waals surface area contributed by atoms with Gasteiger partial charge in [0.2, 0.25) is 5.95 Å². The van der Waals surface area contributed by atoms with Gasteiger partial charge in [-0.3, -0.25) is 19.6 Å². The van der Waals surface area contributed by atoms with Crippen LogP contribution in [0, 0.1) is 24.0 Å². The molecule has 0 fully saturated rings. The predicted octanol–water partition coefficient (Wildman–Crippen LogP) is 4.79. The number of nitrogens with one attached hydrogen (secondary N) is 2. The summed E-state index contributed by atoms with van der Waals surface area (Å²) in [5, 5.41) is 20.0. The van der Waals surface area contributed by atoms with Gasteiger partial charge in [0.1, 0.15) is 5.56 Å². The van der Waals surface area contributed by atoms with E-state index in [1.165, 1.54) is 6.07 Å². The van der Waals surface area contributed by atoms with Crippen LogP contribution in [0.15, 0.2) is 54.9 Å². The molecule has 2 aromatic carbocycles. The van der Waals surface area contributed by atoms with Gasteiger partial charge in [-0.05, 0) is 31.0 Å². The Kier molecular flexibility index (Phi) is 5.00. The number of carbonyl (C=O) groups excluding carboxylic acids is 1. The number of benzene rings is 2. The maximum absolute atomic E-state index is 13.3. The molecule has 4 heterocycles. The number of aryl methyl sites for hydroxylation is 3. The van der Waals surface area contributed by atoms with E-state index in [4.69, 9.17) is 4.98 Å². The Morgan fingerprint density at radius 2 is 1.97 bits per heavy atom. The zero-order chi connectivity index (χ0) is 25.8. The fourth-order valence-electron chi connectivity index (χ4n) is 4.76. The summed E-state index contributed by atoms with van der Waals surface area (Å²) < 4.78 is 1.77. The molecule has 11 nitrogen and oxygen atoms in total. The van der Waals surface area contributed by atoms with Gasteiger partial charge in [0.15, 0.2) is 5.82 Å². The molecule has 0 spiro atoms. The monoisotopic (exact) mass is 494 g/mol. The van der Waals surface area contributed by atoms with Crippen LogP contribution >= 0.6 is 0 Å². The van der Waals surface area contributed by atoms with Crippen LogP contribution in [0.3, 0.4) is 0 Å². The van der Waals surface area contributed by atoms with Crippen LogP contribution in [0.4, 0.5) is 23.1 Å². The van der Waals surface area contributed by atoms with E-state index in [1.807, 2.05) is 51.4 Å². The van der Waals surface area contributed by atoms with Crippen LogP contribution in [-0.4, -0.2) is 35.6 Å². The first kappa shape index (κ1) is 22.4. The standard InChI is InChI=1S/C26H22N8O3/c1-14-11-28-26(29-21-10-15(2)32(3)31-21)30-23(14)18-12-27-24-17(18)7-5-9-20(24)33-13-16-6-4-8-19(34(36)37)22(16)25(33)35/h4-12,27H,13H2,1-3H3,(H,28,29,30,31). The number of nitrogens with zero attached hydrogens (tertiary/aromatic N) is 6. The topological polar surface area (TPSA) is 135 Å². The number of para-hydroxylation sites is 1. The predicted molar refractivity (Wildman–Crippen MR) is 139 cm³/mol. The number of carbonyl (C=O) groups is 1. The summed E-state index contributed by atoms with van der Waals surface area (Å²) >= 11 is 0. The van der Waals surface area contributed by atoms with Crippen LogP contribution in [0.1, 0.15) is 27.2 Å².